The topological polar surface area (TPSA) is 31.4 Å². The molecule has 0 saturated carbocycles. The quantitative estimate of drug-likeness (QED) is 0.803. The lowest BCUT2D eigenvalue weighted by Crippen LogP contribution is -2.19. The smallest absolute Gasteiger partial charge is 0.492 e. The maximum absolute atomic E-state index is 12.2. The molecule has 16 heavy (non-hydrogen) atoms. The second-order valence-electron chi connectivity index (χ2n) is 2.91. The largest absolute Gasteiger partial charge is 0.573 e. The maximum Gasteiger partial charge on any atom is 0.573 e. The van der Waals surface area contributed by atoms with Gasteiger partial charge in [0.25, 0.3) is 0 Å². The van der Waals surface area contributed by atoms with Gasteiger partial charge in [-0.25, -0.2) is 0 Å². The van der Waals surface area contributed by atoms with Crippen LogP contribution in [0.5, 0.6) is 11.5 Å². The standard InChI is InChI=1S/C9H9BrF3NO2/c1-5-7(16-9(11,12)13)8(15-2)6(3-10)4-14-5/h4H,3H2,1-2H3. The van der Waals surface area contributed by atoms with Crippen LogP contribution in [0.25, 0.3) is 0 Å². The second kappa shape index (κ2) is 4.90. The van der Waals surface area contributed by atoms with Crippen molar-refractivity contribution in [2.75, 3.05) is 7.11 Å². The zero-order valence-corrected chi connectivity index (χ0v) is 10.1. The molecule has 0 atom stereocenters. The number of hydrogen-bond acceptors (Lipinski definition) is 3. The van der Waals surface area contributed by atoms with Crippen molar-refractivity contribution in [2.24, 2.45) is 0 Å². The summed E-state index contributed by atoms with van der Waals surface area (Å²) in [6.45, 7) is 1.42. The van der Waals surface area contributed by atoms with Gasteiger partial charge in [0.15, 0.2) is 11.5 Å². The Kier molecular flexibility index (Phi) is 4.01. The fourth-order valence-electron chi connectivity index (χ4n) is 1.16. The number of halogens is 4. The molecule has 0 aromatic carbocycles. The van der Waals surface area contributed by atoms with Gasteiger partial charge in [-0.1, -0.05) is 15.9 Å². The molecule has 1 aromatic rings. The van der Waals surface area contributed by atoms with Crippen LogP contribution in [0.4, 0.5) is 13.2 Å². The molecule has 7 heteroatoms. The van der Waals surface area contributed by atoms with Crippen LogP contribution in [-0.4, -0.2) is 18.5 Å². The predicted octanol–water partition coefficient (Wildman–Crippen LogP) is 3.19. The number of alkyl halides is 4. The molecule has 0 fully saturated rings. The lowest BCUT2D eigenvalue weighted by atomic mass is 10.2. The summed E-state index contributed by atoms with van der Waals surface area (Å²) in [6, 6.07) is 0. The van der Waals surface area contributed by atoms with E-state index in [4.69, 9.17) is 4.74 Å². The van der Waals surface area contributed by atoms with Crippen LogP contribution in [0.3, 0.4) is 0 Å². The van der Waals surface area contributed by atoms with E-state index in [0.717, 1.165) is 0 Å². The monoisotopic (exact) mass is 299 g/mol. The molecule has 0 aliphatic rings. The Labute approximate surface area is 98.7 Å². The predicted molar refractivity (Wildman–Crippen MR) is 54.8 cm³/mol. The molecule has 0 unspecified atom stereocenters. The molecular formula is C9H9BrF3NO2. The van der Waals surface area contributed by atoms with Gasteiger partial charge in [-0.05, 0) is 6.92 Å². The lowest BCUT2D eigenvalue weighted by molar-refractivity contribution is -0.275. The van der Waals surface area contributed by atoms with Crippen LogP contribution < -0.4 is 9.47 Å². The zero-order valence-electron chi connectivity index (χ0n) is 8.56. The molecule has 1 aromatic heterocycles. The number of aromatic nitrogens is 1. The van der Waals surface area contributed by atoms with E-state index in [9.17, 15) is 13.2 Å². The molecule has 0 N–H and O–H groups in total. The van der Waals surface area contributed by atoms with Gasteiger partial charge in [0.2, 0.25) is 0 Å². The van der Waals surface area contributed by atoms with E-state index in [2.05, 4.69) is 25.7 Å². The lowest BCUT2D eigenvalue weighted by Gasteiger charge is -2.16. The van der Waals surface area contributed by atoms with Crippen molar-refractivity contribution in [2.45, 2.75) is 18.6 Å². The Bertz CT molecular complexity index is 382. The third-order valence-corrected chi connectivity index (χ3v) is 2.41. The molecular weight excluding hydrogens is 291 g/mol. The van der Waals surface area contributed by atoms with Crippen molar-refractivity contribution in [1.29, 1.82) is 0 Å². The first kappa shape index (κ1) is 13.1. The number of pyridine rings is 1. The third-order valence-electron chi connectivity index (χ3n) is 1.81. The first-order valence-electron chi connectivity index (χ1n) is 4.23. The highest BCUT2D eigenvalue weighted by Crippen LogP contribution is 2.37. The van der Waals surface area contributed by atoms with Crippen molar-refractivity contribution in [3.63, 3.8) is 0 Å². The Morgan fingerprint density at radius 3 is 2.44 bits per heavy atom. The van der Waals surface area contributed by atoms with Gasteiger partial charge in [-0.2, -0.15) is 0 Å². The number of rotatable bonds is 3. The van der Waals surface area contributed by atoms with E-state index in [1.807, 2.05) is 0 Å². The minimum absolute atomic E-state index is 0.0432. The molecule has 0 bridgehead atoms. The average molecular weight is 300 g/mol. The SMILES string of the molecule is COc1c(CBr)cnc(C)c1OC(F)(F)F. The first-order chi connectivity index (χ1) is 7.39. The zero-order chi connectivity index (χ0) is 12.3. The Morgan fingerprint density at radius 2 is 2.00 bits per heavy atom. The Balaban J connectivity index is 3.23. The molecule has 0 saturated heterocycles. The summed E-state index contributed by atoms with van der Waals surface area (Å²) in [7, 11) is 1.28. The third kappa shape index (κ3) is 3.01. The molecule has 0 aliphatic carbocycles. The first-order valence-corrected chi connectivity index (χ1v) is 5.35. The number of hydrogen-bond donors (Lipinski definition) is 0. The molecule has 90 valence electrons. The fourth-order valence-corrected chi connectivity index (χ4v) is 1.56. The van der Waals surface area contributed by atoms with Crippen LogP contribution in [0, 0.1) is 6.92 Å². The van der Waals surface area contributed by atoms with Crippen molar-refractivity contribution in [3.05, 3.63) is 17.5 Å². The van der Waals surface area contributed by atoms with Gasteiger partial charge in [0.05, 0.1) is 12.8 Å². The van der Waals surface area contributed by atoms with E-state index in [0.29, 0.717) is 10.9 Å². The second-order valence-corrected chi connectivity index (χ2v) is 3.47. The van der Waals surface area contributed by atoms with Crippen LogP contribution in [-0.2, 0) is 5.33 Å². The van der Waals surface area contributed by atoms with E-state index < -0.39 is 12.1 Å². The number of ether oxygens (including phenoxy) is 2. The minimum Gasteiger partial charge on any atom is -0.492 e. The van der Waals surface area contributed by atoms with Crippen LogP contribution in [0.1, 0.15) is 11.3 Å². The van der Waals surface area contributed by atoms with Gasteiger partial charge in [0.1, 0.15) is 0 Å². The summed E-state index contributed by atoms with van der Waals surface area (Å²) >= 11 is 3.13. The van der Waals surface area contributed by atoms with E-state index >= 15 is 0 Å². The summed E-state index contributed by atoms with van der Waals surface area (Å²) in [6.07, 6.45) is -3.32. The summed E-state index contributed by atoms with van der Waals surface area (Å²) in [5.74, 6) is -0.353. The average Bonchev–Trinajstić information content (AvgIpc) is 2.19. The highest BCUT2D eigenvalue weighted by atomic mass is 79.9. The molecule has 0 spiro atoms. The van der Waals surface area contributed by atoms with Crippen molar-refractivity contribution >= 4 is 15.9 Å². The van der Waals surface area contributed by atoms with Gasteiger partial charge in [-0.3, -0.25) is 4.98 Å². The van der Waals surface area contributed by atoms with Crippen LogP contribution >= 0.6 is 15.9 Å². The van der Waals surface area contributed by atoms with Crippen molar-refractivity contribution < 1.29 is 22.6 Å². The molecule has 0 radical (unpaired) electrons. The Hall–Kier alpha value is -0.980. The summed E-state index contributed by atoms with van der Waals surface area (Å²) in [5.41, 5.74) is 0.617. The van der Waals surface area contributed by atoms with Crippen molar-refractivity contribution in [3.8, 4) is 11.5 Å². The number of methoxy groups -OCH3 is 1. The van der Waals surface area contributed by atoms with Gasteiger partial charge >= 0.3 is 6.36 Å². The summed E-state index contributed by atoms with van der Waals surface area (Å²) in [5, 5.41) is 0.331. The highest BCUT2D eigenvalue weighted by Gasteiger charge is 2.34. The van der Waals surface area contributed by atoms with Crippen LogP contribution in [0.15, 0.2) is 6.20 Å². The maximum atomic E-state index is 12.2. The van der Waals surface area contributed by atoms with E-state index in [1.165, 1.54) is 20.2 Å². The molecule has 1 rings (SSSR count). The number of aryl methyl sites for hydroxylation is 1. The molecule has 3 nitrogen and oxygen atoms in total. The summed E-state index contributed by atoms with van der Waals surface area (Å²) < 4.78 is 45.3. The van der Waals surface area contributed by atoms with Crippen LogP contribution in [0.2, 0.25) is 0 Å². The minimum atomic E-state index is -4.76. The summed E-state index contributed by atoms with van der Waals surface area (Å²) in [4.78, 5) is 3.81. The molecule has 1 heterocycles. The van der Waals surface area contributed by atoms with Gasteiger partial charge < -0.3 is 9.47 Å². The Morgan fingerprint density at radius 1 is 1.38 bits per heavy atom. The van der Waals surface area contributed by atoms with E-state index in [-0.39, 0.29) is 11.4 Å². The highest BCUT2D eigenvalue weighted by molar-refractivity contribution is 9.08. The van der Waals surface area contributed by atoms with Gasteiger partial charge in [0, 0.05) is 17.1 Å². The number of nitrogens with zero attached hydrogens (tertiary/aromatic N) is 1. The fraction of sp³-hybridized carbons (Fsp3) is 0.444. The van der Waals surface area contributed by atoms with Crippen molar-refractivity contribution in [1.82, 2.24) is 4.98 Å². The normalized spacial score (nSPS) is 11.4. The molecule has 0 amide bonds. The van der Waals surface area contributed by atoms with E-state index in [1.54, 1.807) is 0 Å². The molecule has 0 aliphatic heterocycles. The van der Waals surface area contributed by atoms with Gasteiger partial charge in [-0.15, -0.1) is 13.2 Å².